The van der Waals surface area contributed by atoms with Gasteiger partial charge in [-0.3, -0.25) is 0 Å². The van der Waals surface area contributed by atoms with Crippen LogP contribution in [0.3, 0.4) is 0 Å². The van der Waals surface area contributed by atoms with Gasteiger partial charge in [-0.25, -0.2) is 0 Å². The number of fused-ring (bicyclic) bond motifs is 11. The third kappa shape index (κ3) is 4.82. The first-order valence-corrected chi connectivity index (χ1v) is 18.9. The molecule has 55 heavy (non-hydrogen) atoms. The molecule has 0 radical (unpaired) electrons. The van der Waals surface area contributed by atoms with Gasteiger partial charge in [-0.1, -0.05) is 158 Å². The van der Waals surface area contributed by atoms with Crippen molar-refractivity contribution in [2.24, 2.45) is 0 Å². The van der Waals surface area contributed by atoms with Gasteiger partial charge in [0.15, 0.2) is 0 Å². The second-order valence-corrected chi connectivity index (χ2v) is 14.4. The van der Waals surface area contributed by atoms with Crippen LogP contribution in [0.1, 0.15) is 22.3 Å². The van der Waals surface area contributed by atoms with Crippen LogP contribution in [0.25, 0.3) is 44.2 Å². The summed E-state index contributed by atoms with van der Waals surface area (Å²) in [6.45, 7) is 0. The van der Waals surface area contributed by atoms with E-state index >= 15 is 0 Å². The van der Waals surface area contributed by atoms with E-state index in [1.165, 1.54) is 66.4 Å². The largest absolute Gasteiger partial charge is 0.457 e. The third-order valence-electron chi connectivity index (χ3n) is 11.5. The van der Waals surface area contributed by atoms with Crippen molar-refractivity contribution >= 4 is 27.8 Å². The highest BCUT2D eigenvalue weighted by Crippen LogP contribution is 2.63. The molecule has 0 N–H and O–H groups in total. The molecule has 2 heteroatoms. The van der Waals surface area contributed by atoms with Gasteiger partial charge < -0.3 is 9.64 Å². The topological polar surface area (TPSA) is 12.5 Å². The molecule has 0 fully saturated rings. The van der Waals surface area contributed by atoms with Crippen LogP contribution in [0.5, 0.6) is 11.5 Å². The zero-order valence-corrected chi connectivity index (χ0v) is 30.1. The van der Waals surface area contributed by atoms with E-state index in [0.29, 0.717) is 0 Å². The molecule has 1 spiro atoms. The Morgan fingerprint density at radius 1 is 0.345 bits per heavy atom. The zero-order valence-electron chi connectivity index (χ0n) is 30.1. The first-order valence-electron chi connectivity index (χ1n) is 18.9. The molecule has 0 atom stereocenters. The average Bonchev–Trinajstić information content (AvgIpc) is 3.55. The minimum absolute atomic E-state index is 0.505. The number of benzene rings is 9. The molecule has 0 saturated carbocycles. The van der Waals surface area contributed by atoms with Crippen LogP contribution < -0.4 is 9.64 Å². The van der Waals surface area contributed by atoms with Gasteiger partial charge in [-0.05, 0) is 110 Å². The van der Waals surface area contributed by atoms with Crippen molar-refractivity contribution in [3.05, 3.63) is 235 Å². The number of para-hydroxylation sites is 3. The van der Waals surface area contributed by atoms with Crippen LogP contribution in [-0.2, 0) is 5.41 Å². The van der Waals surface area contributed by atoms with Crippen molar-refractivity contribution in [3.63, 3.8) is 0 Å². The number of hydrogen-bond donors (Lipinski definition) is 0. The molecule has 1 aliphatic carbocycles. The highest BCUT2D eigenvalue weighted by molar-refractivity contribution is 6.05. The van der Waals surface area contributed by atoms with E-state index in [1.54, 1.807) is 0 Å². The van der Waals surface area contributed by atoms with Gasteiger partial charge in [0.25, 0.3) is 0 Å². The summed E-state index contributed by atoms with van der Waals surface area (Å²) in [4.78, 5) is 2.33. The second kappa shape index (κ2) is 12.5. The van der Waals surface area contributed by atoms with Gasteiger partial charge in [0.05, 0.1) is 5.41 Å². The van der Waals surface area contributed by atoms with E-state index in [9.17, 15) is 0 Å². The maximum absolute atomic E-state index is 6.59. The normalized spacial score (nSPS) is 13.0. The Morgan fingerprint density at radius 3 is 1.51 bits per heavy atom. The van der Waals surface area contributed by atoms with Crippen molar-refractivity contribution in [2.75, 3.05) is 4.90 Å². The summed E-state index contributed by atoms with van der Waals surface area (Å²) >= 11 is 0. The molecule has 258 valence electrons. The standard InChI is InChI=1S/C53H35NO/c1-3-13-36(14-4-1)37-23-29-42(30-24-37)54(41-16-5-2-6-17-41)43-31-25-38(26-32-43)40-28-33-46-45(35-40)52-44-18-8-7-15-39(44)27-34-49(52)53(46)47-19-9-11-21-50(47)55-51-22-12-10-20-48(51)53/h1-35H. The van der Waals surface area contributed by atoms with Crippen molar-refractivity contribution in [1.82, 2.24) is 0 Å². The number of rotatable bonds is 5. The van der Waals surface area contributed by atoms with Gasteiger partial charge in [-0.2, -0.15) is 0 Å². The maximum Gasteiger partial charge on any atom is 0.132 e. The Balaban J connectivity index is 1.05. The van der Waals surface area contributed by atoms with E-state index in [0.717, 1.165) is 28.6 Å². The molecule has 11 rings (SSSR count). The van der Waals surface area contributed by atoms with Crippen LogP contribution in [0, 0.1) is 0 Å². The lowest BCUT2D eigenvalue weighted by Crippen LogP contribution is -2.32. The first kappa shape index (κ1) is 31.4. The SMILES string of the molecule is c1ccc(-c2ccc(N(c3ccccc3)c3ccc(-c4ccc5c(c4)-c4c(ccc6ccccc46)C54c5ccccc5Oc5ccccc54)cc3)cc2)cc1. The summed E-state index contributed by atoms with van der Waals surface area (Å²) in [6, 6.07) is 76.7. The lowest BCUT2D eigenvalue weighted by molar-refractivity contribution is 0.436. The Bertz CT molecular complexity index is 2830. The Kier molecular flexibility index (Phi) is 7.11. The van der Waals surface area contributed by atoms with Crippen molar-refractivity contribution < 1.29 is 4.74 Å². The van der Waals surface area contributed by atoms with Crippen LogP contribution in [0.15, 0.2) is 212 Å². The molecule has 0 bridgehead atoms. The van der Waals surface area contributed by atoms with Crippen LogP contribution in [0.4, 0.5) is 17.1 Å². The lowest BCUT2D eigenvalue weighted by atomic mass is 9.66. The Morgan fingerprint density at radius 2 is 0.836 bits per heavy atom. The van der Waals surface area contributed by atoms with E-state index in [2.05, 4.69) is 217 Å². The van der Waals surface area contributed by atoms with Gasteiger partial charge in [0, 0.05) is 28.2 Å². The quantitative estimate of drug-likeness (QED) is 0.177. The monoisotopic (exact) mass is 701 g/mol. The van der Waals surface area contributed by atoms with Gasteiger partial charge >= 0.3 is 0 Å². The fourth-order valence-corrected chi connectivity index (χ4v) is 9.11. The maximum atomic E-state index is 6.59. The minimum atomic E-state index is -0.505. The Hall–Kier alpha value is -7.16. The van der Waals surface area contributed by atoms with Crippen molar-refractivity contribution in [2.45, 2.75) is 5.41 Å². The first-order chi connectivity index (χ1) is 27.3. The van der Waals surface area contributed by atoms with Crippen LogP contribution in [0.2, 0.25) is 0 Å². The molecular weight excluding hydrogens is 667 g/mol. The number of hydrogen-bond acceptors (Lipinski definition) is 2. The minimum Gasteiger partial charge on any atom is -0.457 e. The van der Waals surface area contributed by atoms with Crippen LogP contribution >= 0.6 is 0 Å². The molecule has 0 unspecified atom stereocenters. The Labute approximate surface area is 321 Å². The predicted octanol–water partition coefficient (Wildman–Crippen LogP) is 14.1. The van der Waals surface area contributed by atoms with E-state index < -0.39 is 5.41 Å². The second-order valence-electron chi connectivity index (χ2n) is 14.4. The van der Waals surface area contributed by atoms with Gasteiger partial charge in [-0.15, -0.1) is 0 Å². The van der Waals surface area contributed by atoms with Crippen molar-refractivity contribution in [1.29, 1.82) is 0 Å². The molecular formula is C53H35NO. The van der Waals surface area contributed by atoms with E-state index in [-0.39, 0.29) is 0 Å². The third-order valence-corrected chi connectivity index (χ3v) is 11.5. The summed E-state index contributed by atoms with van der Waals surface area (Å²) in [5, 5.41) is 2.51. The fraction of sp³-hybridized carbons (Fsp3) is 0.0189. The van der Waals surface area contributed by atoms with Crippen molar-refractivity contribution in [3.8, 4) is 44.9 Å². The smallest absolute Gasteiger partial charge is 0.132 e. The van der Waals surface area contributed by atoms with E-state index in [4.69, 9.17) is 4.74 Å². The molecule has 1 aliphatic heterocycles. The summed E-state index contributed by atoms with van der Waals surface area (Å²) in [7, 11) is 0. The highest BCUT2D eigenvalue weighted by Gasteiger charge is 2.51. The molecule has 1 heterocycles. The summed E-state index contributed by atoms with van der Waals surface area (Å²) < 4.78 is 6.59. The van der Waals surface area contributed by atoms with E-state index in [1.807, 2.05) is 0 Å². The number of anilines is 3. The molecule has 9 aromatic rings. The number of nitrogens with zero attached hydrogens (tertiary/aromatic N) is 1. The zero-order chi connectivity index (χ0) is 36.3. The number of ether oxygens (including phenoxy) is 1. The van der Waals surface area contributed by atoms with Crippen LogP contribution in [-0.4, -0.2) is 0 Å². The summed E-state index contributed by atoms with van der Waals surface area (Å²) in [6.07, 6.45) is 0. The summed E-state index contributed by atoms with van der Waals surface area (Å²) in [5.41, 5.74) is 15.1. The molecule has 2 nitrogen and oxygen atoms in total. The average molecular weight is 702 g/mol. The van der Waals surface area contributed by atoms with Gasteiger partial charge in [0.1, 0.15) is 11.5 Å². The highest BCUT2D eigenvalue weighted by atomic mass is 16.5. The lowest BCUT2D eigenvalue weighted by Gasteiger charge is -2.39. The molecule has 0 saturated heterocycles. The molecule has 0 aromatic heterocycles. The fourth-order valence-electron chi connectivity index (χ4n) is 9.11. The summed E-state index contributed by atoms with van der Waals surface area (Å²) in [5.74, 6) is 1.82. The molecule has 0 amide bonds. The molecule has 9 aromatic carbocycles. The predicted molar refractivity (Wildman–Crippen MR) is 227 cm³/mol. The molecule has 2 aliphatic rings. The van der Waals surface area contributed by atoms with Gasteiger partial charge in [0.2, 0.25) is 0 Å².